The number of anilines is 2. The van der Waals surface area contributed by atoms with Crippen molar-refractivity contribution in [3.8, 4) is 0 Å². The van der Waals surface area contributed by atoms with Gasteiger partial charge >= 0.3 is 0 Å². The van der Waals surface area contributed by atoms with Crippen molar-refractivity contribution in [2.45, 2.75) is 6.92 Å². The molecule has 8 heteroatoms. The van der Waals surface area contributed by atoms with Gasteiger partial charge in [-0.25, -0.2) is 4.98 Å². The van der Waals surface area contributed by atoms with Crippen molar-refractivity contribution in [3.63, 3.8) is 0 Å². The number of hydrogen-bond acceptors (Lipinski definition) is 6. The van der Waals surface area contributed by atoms with E-state index in [1.165, 1.54) is 18.3 Å². The first-order chi connectivity index (χ1) is 10.0. The van der Waals surface area contributed by atoms with E-state index in [2.05, 4.69) is 15.7 Å². The van der Waals surface area contributed by atoms with E-state index in [1.807, 2.05) is 0 Å². The van der Waals surface area contributed by atoms with Gasteiger partial charge in [0.2, 0.25) is 0 Å². The average molecular weight is 287 g/mol. The minimum Gasteiger partial charge on any atom is -0.323 e. The van der Waals surface area contributed by atoms with Crippen LogP contribution in [0.3, 0.4) is 0 Å². The number of hydrazine groups is 1. The minimum absolute atomic E-state index is 0.0664. The Labute approximate surface area is 120 Å². The normalized spacial score (nSPS) is 10.0. The second kappa shape index (κ2) is 5.97. The topological polar surface area (TPSA) is 123 Å². The molecule has 21 heavy (non-hydrogen) atoms. The summed E-state index contributed by atoms with van der Waals surface area (Å²) in [7, 11) is 0. The Morgan fingerprint density at radius 1 is 1.38 bits per heavy atom. The summed E-state index contributed by atoms with van der Waals surface area (Å²) in [5.41, 5.74) is 3.27. The first-order valence-electron chi connectivity index (χ1n) is 6.01. The van der Waals surface area contributed by atoms with Crippen molar-refractivity contribution >= 4 is 23.1 Å². The van der Waals surface area contributed by atoms with Crippen LogP contribution in [0.2, 0.25) is 0 Å². The fourth-order valence-corrected chi connectivity index (χ4v) is 1.75. The first kappa shape index (κ1) is 14.4. The SMILES string of the molecule is Cc1cccnc1NC(=O)c1cc([N+](=O)[O-])ccc1NN. The molecule has 0 unspecified atom stereocenters. The number of aryl methyl sites for hydroxylation is 1. The second-order valence-corrected chi connectivity index (χ2v) is 4.25. The Balaban J connectivity index is 2.36. The van der Waals surface area contributed by atoms with E-state index in [-0.39, 0.29) is 16.9 Å². The van der Waals surface area contributed by atoms with Crippen LogP contribution in [-0.4, -0.2) is 15.8 Å². The maximum atomic E-state index is 12.3. The highest BCUT2D eigenvalue weighted by Gasteiger charge is 2.17. The standard InChI is InChI=1S/C13H13N5O3/c1-8-3-2-6-15-12(8)16-13(19)10-7-9(18(20)21)4-5-11(10)17-14/h2-7,17H,14H2,1H3,(H,15,16,19). The van der Waals surface area contributed by atoms with Gasteiger partial charge in [0.25, 0.3) is 11.6 Å². The highest BCUT2D eigenvalue weighted by Crippen LogP contribution is 2.22. The fourth-order valence-electron chi connectivity index (χ4n) is 1.75. The van der Waals surface area contributed by atoms with Gasteiger partial charge in [0.15, 0.2) is 0 Å². The molecule has 0 aliphatic rings. The van der Waals surface area contributed by atoms with E-state index in [4.69, 9.17) is 5.84 Å². The molecule has 0 bridgehead atoms. The molecule has 8 nitrogen and oxygen atoms in total. The molecule has 0 saturated carbocycles. The van der Waals surface area contributed by atoms with Crippen LogP contribution in [0.4, 0.5) is 17.2 Å². The van der Waals surface area contributed by atoms with Crippen LogP contribution in [0, 0.1) is 17.0 Å². The molecule has 0 radical (unpaired) electrons. The summed E-state index contributed by atoms with van der Waals surface area (Å²) in [6, 6.07) is 7.32. The summed E-state index contributed by atoms with van der Waals surface area (Å²) in [5, 5.41) is 13.4. The number of nitrogens with one attached hydrogen (secondary N) is 2. The van der Waals surface area contributed by atoms with Crippen molar-refractivity contribution in [1.29, 1.82) is 0 Å². The lowest BCUT2D eigenvalue weighted by molar-refractivity contribution is -0.384. The van der Waals surface area contributed by atoms with Gasteiger partial charge in [-0.2, -0.15) is 0 Å². The molecule has 108 valence electrons. The van der Waals surface area contributed by atoms with Gasteiger partial charge in [0.1, 0.15) is 5.82 Å². The van der Waals surface area contributed by atoms with E-state index < -0.39 is 10.8 Å². The molecular formula is C13H13N5O3. The predicted octanol–water partition coefficient (Wildman–Crippen LogP) is 1.84. The van der Waals surface area contributed by atoms with Crippen molar-refractivity contribution in [3.05, 3.63) is 57.8 Å². The number of hydrogen-bond donors (Lipinski definition) is 3. The zero-order valence-electron chi connectivity index (χ0n) is 11.2. The van der Waals surface area contributed by atoms with Gasteiger partial charge in [-0.1, -0.05) is 6.07 Å². The van der Waals surface area contributed by atoms with Gasteiger partial charge in [0, 0.05) is 18.3 Å². The molecule has 2 aromatic rings. The molecule has 4 N–H and O–H groups in total. The average Bonchev–Trinajstić information content (AvgIpc) is 2.48. The Morgan fingerprint density at radius 3 is 2.76 bits per heavy atom. The molecule has 1 aromatic carbocycles. The summed E-state index contributed by atoms with van der Waals surface area (Å²) in [6.45, 7) is 1.79. The molecule has 0 spiro atoms. The van der Waals surface area contributed by atoms with Gasteiger partial charge in [-0.15, -0.1) is 0 Å². The van der Waals surface area contributed by atoms with Crippen molar-refractivity contribution in [2.24, 2.45) is 5.84 Å². The predicted molar refractivity (Wildman–Crippen MR) is 77.8 cm³/mol. The molecular weight excluding hydrogens is 274 g/mol. The number of benzene rings is 1. The molecule has 1 heterocycles. The summed E-state index contributed by atoms with van der Waals surface area (Å²) >= 11 is 0. The Morgan fingerprint density at radius 2 is 2.14 bits per heavy atom. The zero-order chi connectivity index (χ0) is 15.4. The van der Waals surface area contributed by atoms with Crippen molar-refractivity contribution < 1.29 is 9.72 Å². The lowest BCUT2D eigenvalue weighted by Gasteiger charge is -2.10. The zero-order valence-corrected chi connectivity index (χ0v) is 11.2. The van der Waals surface area contributed by atoms with E-state index in [0.717, 1.165) is 11.6 Å². The number of nitro benzene ring substituents is 1. The van der Waals surface area contributed by atoms with E-state index in [1.54, 1.807) is 19.1 Å². The number of aromatic nitrogens is 1. The van der Waals surface area contributed by atoms with Crippen LogP contribution in [0.15, 0.2) is 36.5 Å². The largest absolute Gasteiger partial charge is 0.323 e. The third kappa shape index (κ3) is 3.12. The maximum Gasteiger partial charge on any atom is 0.270 e. The number of nitrogens with zero attached hydrogens (tertiary/aromatic N) is 2. The lowest BCUT2D eigenvalue weighted by atomic mass is 10.1. The van der Waals surface area contributed by atoms with Gasteiger partial charge in [0.05, 0.1) is 16.2 Å². The van der Waals surface area contributed by atoms with E-state index in [9.17, 15) is 14.9 Å². The van der Waals surface area contributed by atoms with Crippen LogP contribution in [-0.2, 0) is 0 Å². The number of nitrogen functional groups attached to an aromatic ring is 1. The Kier molecular flexibility index (Phi) is 4.10. The van der Waals surface area contributed by atoms with E-state index in [0.29, 0.717) is 5.82 Å². The molecule has 2 rings (SSSR count). The molecule has 0 atom stereocenters. The second-order valence-electron chi connectivity index (χ2n) is 4.25. The first-order valence-corrected chi connectivity index (χ1v) is 6.01. The van der Waals surface area contributed by atoms with Gasteiger partial charge in [-0.3, -0.25) is 20.8 Å². The number of nitro groups is 1. The summed E-state index contributed by atoms with van der Waals surface area (Å²) in [5.74, 6) is 5.17. The summed E-state index contributed by atoms with van der Waals surface area (Å²) in [6.07, 6.45) is 1.54. The van der Waals surface area contributed by atoms with Crippen LogP contribution in [0.1, 0.15) is 15.9 Å². The molecule has 1 amide bonds. The molecule has 0 saturated heterocycles. The van der Waals surface area contributed by atoms with Gasteiger partial charge in [-0.05, 0) is 24.6 Å². The maximum absolute atomic E-state index is 12.3. The lowest BCUT2D eigenvalue weighted by Crippen LogP contribution is -2.18. The third-order valence-corrected chi connectivity index (χ3v) is 2.86. The summed E-state index contributed by atoms with van der Waals surface area (Å²) < 4.78 is 0. The van der Waals surface area contributed by atoms with Crippen LogP contribution >= 0.6 is 0 Å². The monoisotopic (exact) mass is 287 g/mol. The van der Waals surface area contributed by atoms with Gasteiger partial charge < -0.3 is 10.7 Å². The highest BCUT2D eigenvalue weighted by molar-refractivity contribution is 6.08. The number of amides is 1. The number of rotatable bonds is 4. The number of non-ortho nitro benzene ring substituents is 1. The number of carbonyl (C=O) groups is 1. The molecule has 0 fully saturated rings. The number of nitrogens with two attached hydrogens (primary N) is 1. The fraction of sp³-hybridized carbons (Fsp3) is 0.0769. The van der Waals surface area contributed by atoms with Crippen LogP contribution in [0.25, 0.3) is 0 Å². The smallest absolute Gasteiger partial charge is 0.270 e. The van der Waals surface area contributed by atoms with E-state index >= 15 is 0 Å². The van der Waals surface area contributed by atoms with Crippen molar-refractivity contribution in [1.82, 2.24) is 4.98 Å². The minimum atomic E-state index is -0.580. The van der Waals surface area contributed by atoms with Crippen LogP contribution < -0.4 is 16.6 Å². The molecule has 1 aromatic heterocycles. The quantitative estimate of drug-likeness (QED) is 0.448. The number of pyridine rings is 1. The Hall–Kier alpha value is -3.00. The number of carbonyl (C=O) groups excluding carboxylic acids is 1. The van der Waals surface area contributed by atoms with Crippen molar-refractivity contribution in [2.75, 3.05) is 10.7 Å². The summed E-state index contributed by atoms with van der Waals surface area (Å²) in [4.78, 5) is 26.5. The third-order valence-electron chi connectivity index (χ3n) is 2.86. The Bertz CT molecular complexity index is 702. The molecule has 0 aliphatic carbocycles. The molecule has 0 aliphatic heterocycles. The highest BCUT2D eigenvalue weighted by atomic mass is 16.6. The van der Waals surface area contributed by atoms with Crippen LogP contribution in [0.5, 0.6) is 0 Å².